The van der Waals surface area contributed by atoms with Crippen molar-refractivity contribution >= 4 is 29.9 Å². The third kappa shape index (κ3) is 6.65. The van der Waals surface area contributed by atoms with E-state index in [4.69, 9.17) is 9.47 Å². The number of hydrogen-bond acceptors (Lipinski definition) is 5. The molecule has 0 aromatic carbocycles. The Bertz CT molecular complexity index is 765. The molecule has 2 aromatic rings. The van der Waals surface area contributed by atoms with Crippen LogP contribution in [0.2, 0.25) is 0 Å². The highest BCUT2D eigenvalue weighted by Crippen LogP contribution is 2.17. The normalized spacial score (nSPS) is 16.7. The van der Waals surface area contributed by atoms with Gasteiger partial charge in [0.1, 0.15) is 11.6 Å². The molecule has 1 aliphatic heterocycles. The van der Waals surface area contributed by atoms with Gasteiger partial charge in [-0.2, -0.15) is 0 Å². The standard InChI is InChI=1S/C20H30N6O2.HI/c1-16-22-7-9-26(16)19-5-4-17(12-23-19)13-24-20(21-2)25-8-6-18(14-25)15-28-11-10-27-3;/h4-5,7,9,12,18H,6,8,10-11,13-15H2,1-3H3,(H,21,24);1H. The van der Waals surface area contributed by atoms with Gasteiger partial charge in [0, 0.05) is 58.3 Å². The maximum atomic E-state index is 5.67. The lowest BCUT2D eigenvalue weighted by atomic mass is 10.1. The van der Waals surface area contributed by atoms with Crippen molar-refractivity contribution in [3.63, 3.8) is 0 Å². The van der Waals surface area contributed by atoms with Crippen molar-refractivity contribution < 1.29 is 9.47 Å². The molecule has 9 heteroatoms. The average Bonchev–Trinajstić information content (AvgIpc) is 3.36. The minimum atomic E-state index is 0. The molecular formula is C20H31IN6O2. The Morgan fingerprint density at radius 3 is 2.83 bits per heavy atom. The number of rotatable bonds is 8. The van der Waals surface area contributed by atoms with E-state index in [-0.39, 0.29) is 24.0 Å². The molecule has 3 heterocycles. The summed E-state index contributed by atoms with van der Waals surface area (Å²) in [7, 11) is 3.52. The predicted molar refractivity (Wildman–Crippen MR) is 124 cm³/mol. The SMILES string of the molecule is CN=C(NCc1ccc(-n2ccnc2C)nc1)N1CCC(COCCOC)C1.I. The molecule has 0 amide bonds. The molecule has 3 rings (SSSR count). The number of aliphatic imine (C=N–C) groups is 1. The van der Waals surface area contributed by atoms with E-state index in [0.29, 0.717) is 25.7 Å². The third-order valence-electron chi connectivity index (χ3n) is 4.91. The Morgan fingerprint density at radius 1 is 1.31 bits per heavy atom. The molecule has 1 unspecified atom stereocenters. The fraction of sp³-hybridized carbons (Fsp3) is 0.550. The number of ether oxygens (including phenoxy) is 2. The molecule has 1 saturated heterocycles. The molecule has 0 spiro atoms. The van der Waals surface area contributed by atoms with Crippen LogP contribution in [0.5, 0.6) is 0 Å². The zero-order chi connectivity index (χ0) is 19.8. The molecule has 0 bridgehead atoms. The molecule has 160 valence electrons. The van der Waals surface area contributed by atoms with Crippen LogP contribution in [0.25, 0.3) is 5.82 Å². The molecule has 2 aromatic heterocycles. The third-order valence-corrected chi connectivity index (χ3v) is 4.91. The minimum absolute atomic E-state index is 0. The molecule has 0 radical (unpaired) electrons. The van der Waals surface area contributed by atoms with Crippen LogP contribution in [0, 0.1) is 12.8 Å². The van der Waals surface area contributed by atoms with E-state index in [0.717, 1.165) is 49.3 Å². The number of pyridine rings is 1. The molecule has 1 aliphatic rings. The summed E-state index contributed by atoms with van der Waals surface area (Å²) in [6, 6.07) is 4.09. The van der Waals surface area contributed by atoms with Crippen LogP contribution >= 0.6 is 24.0 Å². The second-order valence-corrected chi connectivity index (χ2v) is 6.94. The van der Waals surface area contributed by atoms with E-state index in [1.807, 2.05) is 37.0 Å². The lowest BCUT2D eigenvalue weighted by Gasteiger charge is -2.21. The average molecular weight is 514 g/mol. The lowest BCUT2D eigenvalue weighted by Crippen LogP contribution is -2.39. The summed E-state index contributed by atoms with van der Waals surface area (Å²) >= 11 is 0. The van der Waals surface area contributed by atoms with E-state index in [1.54, 1.807) is 13.3 Å². The van der Waals surface area contributed by atoms with Gasteiger partial charge >= 0.3 is 0 Å². The van der Waals surface area contributed by atoms with Crippen LogP contribution in [0.4, 0.5) is 0 Å². The first-order chi connectivity index (χ1) is 13.7. The topological polar surface area (TPSA) is 76.8 Å². The number of methoxy groups -OCH3 is 1. The van der Waals surface area contributed by atoms with Gasteiger partial charge in [-0.3, -0.25) is 9.56 Å². The second kappa shape index (κ2) is 12.1. The molecule has 29 heavy (non-hydrogen) atoms. The van der Waals surface area contributed by atoms with Crippen LogP contribution in [-0.2, 0) is 16.0 Å². The van der Waals surface area contributed by atoms with Gasteiger partial charge in [-0.15, -0.1) is 24.0 Å². The first kappa shape index (κ1) is 23.6. The summed E-state index contributed by atoms with van der Waals surface area (Å²) in [6.45, 7) is 6.69. The number of hydrogen-bond donors (Lipinski definition) is 1. The van der Waals surface area contributed by atoms with E-state index in [2.05, 4.69) is 31.2 Å². The highest BCUT2D eigenvalue weighted by atomic mass is 127. The molecule has 8 nitrogen and oxygen atoms in total. The number of likely N-dealkylation sites (tertiary alicyclic amines) is 1. The van der Waals surface area contributed by atoms with Gasteiger partial charge in [-0.05, 0) is 25.0 Å². The van der Waals surface area contributed by atoms with Crippen molar-refractivity contribution in [2.45, 2.75) is 19.9 Å². The first-order valence-electron chi connectivity index (χ1n) is 9.68. The van der Waals surface area contributed by atoms with Gasteiger partial charge in [-0.25, -0.2) is 9.97 Å². The van der Waals surface area contributed by atoms with Gasteiger partial charge in [0.05, 0.1) is 19.8 Å². The molecular weight excluding hydrogens is 483 g/mol. The number of nitrogens with one attached hydrogen (secondary N) is 1. The lowest BCUT2D eigenvalue weighted by molar-refractivity contribution is 0.0536. The van der Waals surface area contributed by atoms with Gasteiger partial charge in [0.15, 0.2) is 5.96 Å². The second-order valence-electron chi connectivity index (χ2n) is 6.94. The number of halogens is 1. The molecule has 0 saturated carbocycles. The van der Waals surface area contributed by atoms with E-state index >= 15 is 0 Å². The zero-order valence-corrected chi connectivity index (χ0v) is 19.7. The van der Waals surface area contributed by atoms with Gasteiger partial charge in [-0.1, -0.05) is 6.07 Å². The number of aromatic nitrogens is 3. The number of nitrogens with zero attached hydrogens (tertiary/aromatic N) is 5. The molecule has 1 N–H and O–H groups in total. The van der Waals surface area contributed by atoms with Crippen molar-refractivity contribution in [2.24, 2.45) is 10.9 Å². The predicted octanol–water partition coefficient (Wildman–Crippen LogP) is 2.25. The van der Waals surface area contributed by atoms with E-state index < -0.39 is 0 Å². The minimum Gasteiger partial charge on any atom is -0.382 e. The Morgan fingerprint density at radius 2 is 2.17 bits per heavy atom. The monoisotopic (exact) mass is 514 g/mol. The highest BCUT2D eigenvalue weighted by molar-refractivity contribution is 14.0. The number of imidazole rings is 1. The largest absolute Gasteiger partial charge is 0.382 e. The molecule has 0 aliphatic carbocycles. The van der Waals surface area contributed by atoms with Crippen LogP contribution in [0.3, 0.4) is 0 Å². The van der Waals surface area contributed by atoms with E-state index in [1.165, 1.54) is 0 Å². The smallest absolute Gasteiger partial charge is 0.193 e. The Hall–Kier alpha value is -1.72. The Labute approximate surface area is 189 Å². The van der Waals surface area contributed by atoms with Crippen LogP contribution in [0.15, 0.2) is 35.7 Å². The summed E-state index contributed by atoms with van der Waals surface area (Å²) in [6.07, 6.45) is 6.71. The summed E-state index contributed by atoms with van der Waals surface area (Å²) in [5.41, 5.74) is 1.11. The maximum absolute atomic E-state index is 5.67. The van der Waals surface area contributed by atoms with E-state index in [9.17, 15) is 0 Å². The summed E-state index contributed by atoms with van der Waals surface area (Å²) in [5, 5.41) is 3.45. The summed E-state index contributed by atoms with van der Waals surface area (Å²) in [5.74, 6) is 3.26. The van der Waals surface area contributed by atoms with Crippen molar-refractivity contribution in [1.82, 2.24) is 24.8 Å². The zero-order valence-electron chi connectivity index (χ0n) is 17.4. The summed E-state index contributed by atoms with van der Waals surface area (Å²) in [4.78, 5) is 15.5. The van der Waals surface area contributed by atoms with Crippen molar-refractivity contribution in [1.29, 1.82) is 0 Å². The van der Waals surface area contributed by atoms with Gasteiger partial charge in [0.2, 0.25) is 0 Å². The van der Waals surface area contributed by atoms with Gasteiger partial charge in [0.25, 0.3) is 0 Å². The van der Waals surface area contributed by atoms with Crippen LogP contribution in [-0.4, -0.2) is 72.5 Å². The molecule has 1 atom stereocenters. The Kier molecular flexibility index (Phi) is 9.82. The van der Waals surface area contributed by atoms with Crippen LogP contribution < -0.4 is 5.32 Å². The number of aryl methyl sites for hydroxylation is 1. The van der Waals surface area contributed by atoms with Crippen molar-refractivity contribution in [2.75, 3.05) is 47.1 Å². The maximum Gasteiger partial charge on any atom is 0.193 e. The highest BCUT2D eigenvalue weighted by Gasteiger charge is 2.24. The van der Waals surface area contributed by atoms with Crippen molar-refractivity contribution in [3.8, 4) is 5.82 Å². The van der Waals surface area contributed by atoms with Gasteiger partial charge < -0.3 is 19.7 Å². The Balaban J connectivity index is 0.00000300. The number of guanidine groups is 1. The molecule has 1 fully saturated rings. The summed E-state index contributed by atoms with van der Waals surface area (Å²) < 4.78 is 12.7. The first-order valence-corrected chi connectivity index (χ1v) is 9.68. The van der Waals surface area contributed by atoms with Crippen LogP contribution in [0.1, 0.15) is 17.8 Å². The van der Waals surface area contributed by atoms with Crippen molar-refractivity contribution in [3.05, 3.63) is 42.1 Å². The quantitative estimate of drug-likeness (QED) is 0.252. The fourth-order valence-corrected chi connectivity index (χ4v) is 3.35. The fourth-order valence-electron chi connectivity index (χ4n) is 3.35.